The van der Waals surface area contributed by atoms with Crippen molar-refractivity contribution >= 4 is 6.03 Å². The molecule has 1 N–H and O–H groups in total. The highest BCUT2D eigenvalue weighted by Gasteiger charge is 2.28. The normalized spacial score (nSPS) is 20.5. The molecule has 5 heteroatoms. The van der Waals surface area contributed by atoms with Gasteiger partial charge in [0, 0.05) is 38.8 Å². The maximum atomic E-state index is 12.6. The Labute approximate surface area is 158 Å². The number of hydrogen-bond donors (Lipinski definition) is 1. The standard InChI is InChI=1S/C21H34N4O/c1-17-8-10-18(11-9-17)20(23(2)3)16-22-21(26)25-14-12-24(13-15-25)19-6-4-5-7-19/h8-11,19-20H,4-7,12-16H2,1-3H3,(H,22,26). The summed E-state index contributed by atoms with van der Waals surface area (Å²) >= 11 is 0. The summed E-state index contributed by atoms with van der Waals surface area (Å²) in [5, 5.41) is 3.16. The molecule has 1 aliphatic carbocycles. The van der Waals surface area contributed by atoms with Gasteiger partial charge in [0.25, 0.3) is 0 Å². The third-order valence-electron chi connectivity index (χ3n) is 5.97. The predicted molar refractivity (Wildman–Crippen MR) is 106 cm³/mol. The number of hydrogen-bond acceptors (Lipinski definition) is 3. The molecule has 1 saturated heterocycles. The van der Waals surface area contributed by atoms with Crippen LogP contribution >= 0.6 is 0 Å². The molecule has 3 rings (SSSR count). The van der Waals surface area contributed by atoms with Gasteiger partial charge in [-0.3, -0.25) is 4.90 Å². The Balaban J connectivity index is 1.48. The van der Waals surface area contributed by atoms with Crippen molar-refractivity contribution in [3.8, 4) is 0 Å². The summed E-state index contributed by atoms with van der Waals surface area (Å²) in [5.41, 5.74) is 2.50. The zero-order valence-electron chi connectivity index (χ0n) is 16.6. The molecule has 1 unspecified atom stereocenters. The molecule has 1 heterocycles. The zero-order valence-corrected chi connectivity index (χ0v) is 16.6. The van der Waals surface area contributed by atoms with Crippen LogP contribution in [0.15, 0.2) is 24.3 Å². The molecule has 2 fully saturated rings. The number of aryl methyl sites for hydroxylation is 1. The van der Waals surface area contributed by atoms with Crippen LogP contribution in [0.25, 0.3) is 0 Å². The predicted octanol–water partition coefficient (Wildman–Crippen LogP) is 2.87. The number of nitrogens with one attached hydrogen (secondary N) is 1. The van der Waals surface area contributed by atoms with E-state index in [4.69, 9.17) is 0 Å². The van der Waals surface area contributed by atoms with E-state index in [0.29, 0.717) is 6.54 Å². The van der Waals surface area contributed by atoms with Crippen molar-refractivity contribution in [2.45, 2.75) is 44.7 Å². The van der Waals surface area contributed by atoms with Crippen molar-refractivity contribution in [1.82, 2.24) is 20.0 Å². The first kappa shape index (κ1) is 19.2. The largest absolute Gasteiger partial charge is 0.336 e. The summed E-state index contributed by atoms with van der Waals surface area (Å²) in [6.45, 7) is 6.47. The average Bonchev–Trinajstić information content (AvgIpc) is 3.18. The van der Waals surface area contributed by atoms with Gasteiger partial charge in [-0.2, -0.15) is 0 Å². The highest BCUT2D eigenvalue weighted by Crippen LogP contribution is 2.24. The molecule has 0 spiro atoms. The smallest absolute Gasteiger partial charge is 0.317 e. The molecule has 1 aliphatic heterocycles. The van der Waals surface area contributed by atoms with Crippen LogP contribution in [-0.4, -0.2) is 73.6 Å². The molecular weight excluding hydrogens is 324 g/mol. The first-order valence-electron chi connectivity index (χ1n) is 10.0. The Morgan fingerprint density at radius 1 is 1.12 bits per heavy atom. The molecule has 5 nitrogen and oxygen atoms in total. The van der Waals surface area contributed by atoms with Crippen LogP contribution < -0.4 is 5.32 Å². The van der Waals surface area contributed by atoms with Crippen LogP contribution in [-0.2, 0) is 0 Å². The van der Waals surface area contributed by atoms with Gasteiger partial charge in [0.1, 0.15) is 0 Å². The van der Waals surface area contributed by atoms with Gasteiger partial charge in [0.2, 0.25) is 0 Å². The second kappa shape index (κ2) is 8.87. The van der Waals surface area contributed by atoms with E-state index in [1.807, 2.05) is 4.90 Å². The van der Waals surface area contributed by atoms with Crippen molar-refractivity contribution in [3.05, 3.63) is 35.4 Å². The highest BCUT2D eigenvalue weighted by molar-refractivity contribution is 5.74. The minimum absolute atomic E-state index is 0.0787. The second-order valence-electron chi connectivity index (χ2n) is 8.04. The first-order chi connectivity index (χ1) is 12.5. The van der Waals surface area contributed by atoms with Gasteiger partial charge in [-0.15, -0.1) is 0 Å². The number of nitrogens with zero attached hydrogens (tertiary/aromatic N) is 3. The minimum Gasteiger partial charge on any atom is -0.336 e. The van der Waals surface area contributed by atoms with E-state index >= 15 is 0 Å². The molecule has 0 radical (unpaired) electrons. The minimum atomic E-state index is 0.0787. The highest BCUT2D eigenvalue weighted by atomic mass is 16.2. The Kier molecular flexibility index (Phi) is 6.54. The Bertz CT molecular complexity index is 572. The van der Waals surface area contributed by atoms with E-state index in [1.165, 1.54) is 36.8 Å². The maximum Gasteiger partial charge on any atom is 0.317 e. The van der Waals surface area contributed by atoms with E-state index in [1.54, 1.807) is 0 Å². The number of carbonyl (C=O) groups is 1. The summed E-state index contributed by atoms with van der Waals surface area (Å²) in [6.07, 6.45) is 5.42. The number of rotatable bonds is 5. The topological polar surface area (TPSA) is 38.8 Å². The lowest BCUT2D eigenvalue weighted by molar-refractivity contribution is 0.109. The summed E-state index contributed by atoms with van der Waals surface area (Å²) in [6, 6.07) is 9.62. The summed E-state index contributed by atoms with van der Waals surface area (Å²) in [7, 11) is 4.13. The summed E-state index contributed by atoms with van der Waals surface area (Å²) in [4.78, 5) is 19.4. The fraction of sp³-hybridized carbons (Fsp3) is 0.667. The van der Waals surface area contributed by atoms with Gasteiger partial charge in [0.15, 0.2) is 0 Å². The molecule has 26 heavy (non-hydrogen) atoms. The van der Waals surface area contributed by atoms with Gasteiger partial charge in [0.05, 0.1) is 6.04 Å². The SMILES string of the molecule is Cc1ccc(C(CNC(=O)N2CCN(C3CCCC3)CC2)N(C)C)cc1. The molecular formula is C21H34N4O. The molecule has 2 amide bonds. The van der Waals surface area contributed by atoms with E-state index in [9.17, 15) is 4.79 Å². The average molecular weight is 359 g/mol. The molecule has 1 aromatic rings. The maximum absolute atomic E-state index is 12.6. The second-order valence-corrected chi connectivity index (χ2v) is 8.04. The number of likely N-dealkylation sites (N-methyl/N-ethyl adjacent to an activating group) is 1. The van der Waals surface area contributed by atoms with Crippen LogP contribution in [0, 0.1) is 6.92 Å². The van der Waals surface area contributed by atoms with Gasteiger partial charge < -0.3 is 15.1 Å². The molecule has 144 valence electrons. The lowest BCUT2D eigenvalue weighted by atomic mass is 10.0. The lowest BCUT2D eigenvalue weighted by Crippen LogP contribution is -2.54. The fourth-order valence-electron chi connectivity index (χ4n) is 4.24. The number of piperazine rings is 1. The van der Waals surface area contributed by atoms with Gasteiger partial charge >= 0.3 is 6.03 Å². The fourth-order valence-corrected chi connectivity index (χ4v) is 4.24. The van der Waals surface area contributed by atoms with Crippen molar-refractivity contribution in [2.24, 2.45) is 0 Å². The van der Waals surface area contributed by atoms with E-state index in [0.717, 1.165) is 32.2 Å². The molecule has 0 aromatic heterocycles. The molecule has 1 aromatic carbocycles. The number of benzene rings is 1. The number of urea groups is 1. The van der Waals surface area contributed by atoms with Crippen molar-refractivity contribution in [1.29, 1.82) is 0 Å². The van der Waals surface area contributed by atoms with E-state index in [2.05, 4.69) is 60.4 Å². The van der Waals surface area contributed by atoms with Crippen LogP contribution in [0.4, 0.5) is 4.79 Å². The van der Waals surface area contributed by atoms with Gasteiger partial charge in [-0.05, 0) is 39.4 Å². The van der Waals surface area contributed by atoms with Crippen LogP contribution in [0.5, 0.6) is 0 Å². The number of amides is 2. The first-order valence-corrected chi connectivity index (χ1v) is 10.0. The Hall–Kier alpha value is -1.59. The lowest BCUT2D eigenvalue weighted by Gasteiger charge is -2.38. The molecule has 1 saturated carbocycles. The third-order valence-corrected chi connectivity index (χ3v) is 5.97. The van der Waals surface area contributed by atoms with Gasteiger partial charge in [-0.1, -0.05) is 42.7 Å². The summed E-state index contributed by atoms with van der Waals surface area (Å²) in [5.74, 6) is 0. The van der Waals surface area contributed by atoms with Crippen molar-refractivity contribution < 1.29 is 4.79 Å². The zero-order chi connectivity index (χ0) is 18.5. The molecule has 0 bridgehead atoms. The van der Waals surface area contributed by atoms with E-state index < -0.39 is 0 Å². The summed E-state index contributed by atoms with van der Waals surface area (Å²) < 4.78 is 0. The molecule has 1 atom stereocenters. The Morgan fingerprint density at radius 2 is 1.73 bits per heavy atom. The molecule has 2 aliphatic rings. The van der Waals surface area contributed by atoms with Crippen LogP contribution in [0.2, 0.25) is 0 Å². The van der Waals surface area contributed by atoms with Crippen LogP contribution in [0.3, 0.4) is 0 Å². The van der Waals surface area contributed by atoms with Crippen LogP contribution in [0.1, 0.15) is 42.9 Å². The quantitative estimate of drug-likeness (QED) is 0.880. The monoisotopic (exact) mass is 358 g/mol. The number of carbonyl (C=O) groups excluding carboxylic acids is 1. The van der Waals surface area contributed by atoms with Gasteiger partial charge in [-0.25, -0.2) is 4.79 Å². The van der Waals surface area contributed by atoms with Crippen molar-refractivity contribution in [3.63, 3.8) is 0 Å². The third kappa shape index (κ3) is 4.77. The Morgan fingerprint density at radius 3 is 2.31 bits per heavy atom. The van der Waals surface area contributed by atoms with E-state index in [-0.39, 0.29) is 12.1 Å². The van der Waals surface area contributed by atoms with Crippen molar-refractivity contribution in [2.75, 3.05) is 46.8 Å².